The minimum atomic E-state index is -0.367. The lowest BCUT2D eigenvalue weighted by Crippen LogP contribution is -2.33. The fraction of sp³-hybridized carbons (Fsp3) is 0.625. The van der Waals surface area contributed by atoms with Crippen molar-refractivity contribution in [1.82, 2.24) is 9.88 Å². The first kappa shape index (κ1) is 15.2. The maximum Gasteiger partial charge on any atom is 0.223 e. The zero-order chi connectivity index (χ0) is 15.4. The fourth-order valence-electron chi connectivity index (χ4n) is 2.49. The molecule has 0 unspecified atom stereocenters. The van der Waals surface area contributed by atoms with Gasteiger partial charge in [0.2, 0.25) is 5.91 Å². The average molecular weight is 316 g/mol. The van der Waals surface area contributed by atoms with Crippen molar-refractivity contribution in [2.24, 2.45) is 16.1 Å². The monoisotopic (exact) mass is 316 g/mol. The Bertz CT molecular complexity index is 580. The van der Waals surface area contributed by atoms with Gasteiger partial charge in [0.1, 0.15) is 5.01 Å². The molecule has 1 aliphatic heterocycles. The summed E-state index contributed by atoms with van der Waals surface area (Å²) in [5.74, 6) is 3.47. The minimum Gasteiger partial charge on any atom is -0.336 e. The first-order chi connectivity index (χ1) is 10.7. The van der Waals surface area contributed by atoms with Gasteiger partial charge in [-0.05, 0) is 18.8 Å². The Kier molecular flexibility index (Phi) is 4.53. The molecular weight excluding hydrogens is 296 g/mol. The van der Waals surface area contributed by atoms with Crippen LogP contribution >= 0.6 is 11.3 Å². The van der Waals surface area contributed by atoms with E-state index in [1.54, 1.807) is 17.5 Å². The Morgan fingerprint density at radius 2 is 2.27 bits per heavy atom. The molecule has 0 spiro atoms. The maximum absolute atomic E-state index is 12.6. The number of terminal acetylenes is 1. The van der Waals surface area contributed by atoms with E-state index >= 15 is 0 Å². The Morgan fingerprint density at radius 1 is 1.45 bits per heavy atom. The van der Waals surface area contributed by atoms with Gasteiger partial charge in [-0.1, -0.05) is 0 Å². The van der Waals surface area contributed by atoms with Gasteiger partial charge in [-0.3, -0.25) is 4.79 Å². The number of nitrogens with zero attached hydrogens (tertiary/aromatic N) is 4. The van der Waals surface area contributed by atoms with Gasteiger partial charge in [0.05, 0.1) is 6.54 Å². The molecule has 1 aromatic rings. The maximum atomic E-state index is 12.6. The van der Waals surface area contributed by atoms with E-state index in [1.165, 1.54) is 12.8 Å². The molecule has 116 valence electrons. The fourth-order valence-corrected chi connectivity index (χ4v) is 3.13. The second-order valence-corrected chi connectivity index (χ2v) is 7.01. The molecule has 2 heterocycles. The van der Waals surface area contributed by atoms with Crippen molar-refractivity contribution in [3.05, 3.63) is 16.6 Å². The SMILES string of the molecule is C#CCCC1(CCC(=O)N(Cc2nccs2)CC2CC2)N=N1. The van der Waals surface area contributed by atoms with Crippen molar-refractivity contribution in [3.63, 3.8) is 0 Å². The number of carbonyl (C=O) groups is 1. The molecule has 0 aromatic carbocycles. The quantitative estimate of drug-likeness (QED) is 0.657. The lowest BCUT2D eigenvalue weighted by molar-refractivity contribution is -0.132. The van der Waals surface area contributed by atoms with Gasteiger partial charge in [-0.15, -0.1) is 23.7 Å². The van der Waals surface area contributed by atoms with E-state index in [0.29, 0.717) is 31.7 Å². The summed E-state index contributed by atoms with van der Waals surface area (Å²) in [6, 6.07) is 0. The molecule has 1 saturated carbocycles. The largest absolute Gasteiger partial charge is 0.336 e. The summed E-state index contributed by atoms with van der Waals surface area (Å²) in [4.78, 5) is 18.8. The standard InChI is InChI=1S/C16H20N4OS/c1-2-3-7-16(18-19-16)8-6-15(21)20(11-13-4-5-13)12-14-17-9-10-22-14/h1,9-10,13H,3-8,11-12H2. The topological polar surface area (TPSA) is 57.9 Å². The van der Waals surface area contributed by atoms with Crippen LogP contribution in [0.15, 0.2) is 21.8 Å². The highest BCUT2D eigenvalue weighted by Crippen LogP contribution is 2.38. The molecule has 3 rings (SSSR count). The van der Waals surface area contributed by atoms with E-state index in [1.807, 2.05) is 10.3 Å². The van der Waals surface area contributed by atoms with Crippen LogP contribution in [0.5, 0.6) is 0 Å². The smallest absolute Gasteiger partial charge is 0.223 e. The average Bonchev–Trinajstić information content (AvgIpc) is 3.44. The lowest BCUT2D eigenvalue weighted by Gasteiger charge is -2.22. The Morgan fingerprint density at radius 3 is 2.86 bits per heavy atom. The predicted octanol–water partition coefficient (Wildman–Crippen LogP) is 3.24. The van der Waals surface area contributed by atoms with E-state index in [2.05, 4.69) is 21.1 Å². The van der Waals surface area contributed by atoms with Crippen molar-refractivity contribution in [2.75, 3.05) is 6.54 Å². The highest BCUT2D eigenvalue weighted by Gasteiger charge is 2.40. The van der Waals surface area contributed by atoms with Crippen LogP contribution in [0.25, 0.3) is 0 Å². The summed E-state index contributed by atoms with van der Waals surface area (Å²) in [5.41, 5.74) is -0.367. The van der Waals surface area contributed by atoms with Crippen LogP contribution < -0.4 is 0 Å². The van der Waals surface area contributed by atoms with Crippen LogP contribution in [0, 0.1) is 18.3 Å². The minimum absolute atomic E-state index is 0.180. The van der Waals surface area contributed by atoms with Crippen LogP contribution in [0.2, 0.25) is 0 Å². The second kappa shape index (κ2) is 6.57. The molecule has 0 saturated heterocycles. The van der Waals surface area contributed by atoms with Crippen LogP contribution in [-0.2, 0) is 11.3 Å². The number of amides is 1. The summed E-state index contributed by atoms with van der Waals surface area (Å²) in [5, 5.41) is 11.1. The van der Waals surface area contributed by atoms with Gasteiger partial charge < -0.3 is 4.90 Å². The number of hydrogen-bond acceptors (Lipinski definition) is 5. The highest BCUT2D eigenvalue weighted by molar-refractivity contribution is 7.09. The molecule has 5 nitrogen and oxygen atoms in total. The number of hydrogen-bond donors (Lipinski definition) is 0. The zero-order valence-corrected chi connectivity index (χ0v) is 13.4. The number of aromatic nitrogens is 1. The number of carbonyl (C=O) groups excluding carboxylic acids is 1. The lowest BCUT2D eigenvalue weighted by atomic mass is 10.0. The molecule has 6 heteroatoms. The van der Waals surface area contributed by atoms with E-state index in [-0.39, 0.29) is 11.6 Å². The Balaban J connectivity index is 1.51. The molecule has 0 atom stereocenters. The van der Waals surface area contributed by atoms with Gasteiger partial charge in [-0.2, -0.15) is 10.2 Å². The molecule has 1 aliphatic carbocycles. The second-order valence-electron chi connectivity index (χ2n) is 6.03. The van der Waals surface area contributed by atoms with Crippen LogP contribution in [0.1, 0.15) is 43.5 Å². The Hall–Kier alpha value is -1.74. The Labute approximate surface area is 134 Å². The summed E-state index contributed by atoms with van der Waals surface area (Å²) in [7, 11) is 0. The molecule has 0 radical (unpaired) electrons. The zero-order valence-electron chi connectivity index (χ0n) is 12.6. The van der Waals surface area contributed by atoms with E-state index in [4.69, 9.17) is 6.42 Å². The van der Waals surface area contributed by atoms with Crippen molar-refractivity contribution >= 4 is 17.2 Å². The molecule has 1 fully saturated rings. The van der Waals surface area contributed by atoms with E-state index < -0.39 is 0 Å². The van der Waals surface area contributed by atoms with Crippen LogP contribution in [0.3, 0.4) is 0 Å². The summed E-state index contributed by atoms with van der Waals surface area (Å²) in [6.07, 6.45) is 12.1. The molecule has 0 bridgehead atoms. The first-order valence-corrected chi connectivity index (χ1v) is 8.62. The van der Waals surface area contributed by atoms with Gasteiger partial charge in [0, 0.05) is 43.8 Å². The third-order valence-corrected chi connectivity index (χ3v) is 4.89. The third kappa shape index (κ3) is 4.14. The number of thiazole rings is 1. The number of rotatable bonds is 9. The van der Waals surface area contributed by atoms with Crippen LogP contribution in [0.4, 0.5) is 0 Å². The van der Waals surface area contributed by atoms with Crippen molar-refractivity contribution in [3.8, 4) is 12.3 Å². The molecule has 0 N–H and O–H groups in total. The van der Waals surface area contributed by atoms with Gasteiger partial charge >= 0.3 is 0 Å². The summed E-state index contributed by atoms with van der Waals surface area (Å²) < 4.78 is 0. The molecule has 2 aliphatic rings. The third-order valence-electron chi connectivity index (χ3n) is 4.13. The molecule has 1 amide bonds. The first-order valence-electron chi connectivity index (χ1n) is 7.74. The van der Waals surface area contributed by atoms with Crippen molar-refractivity contribution in [2.45, 2.75) is 50.7 Å². The van der Waals surface area contributed by atoms with Crippen molar-refractivity contribution in [1.29, 1.82) is 0 Å². The van der Waals surface area contributed by atoms with E-state index in [0.717, 1.165) is 18.0 Å². The molecule has 1 aromatic heterocycles. The van der Waals surface area contributed by atoms with Crippen LogP contribution in [-0.4, -0.2) is 28.0 Å². The summed E-state index contributed by atoms with van der Waals surface area (Å²) in [6.45, 7) is 1.47. The van der Waals surface area contributed by atoms with Gasteiger partial charge in [0.15, 0.2) is 5.66 Å². The highest BCUT2D eigenvalue weighted by atomic mass is 32.1. The summed E-state index contributed by atoms with van der Waals surface area (Å²) >= 11 is 1.60. The van der Waals surface area contributed by atoms with E-state index in [9.17, 15) is 4.79 Å². The predicted molar refractivity (Wildman–Crippen MR) is 85.1 cm³/mol. The van der Waals surface area contributed by atoms with Gasteiger partial charge in [0.25, 0.3) is 0 Å². The van der Waals surface area contributed by atoms with Gasteiger partial charge in [-0.25, -0.2) is 4.98 Å². The van der Waals surface area contributed by atoms with Crippen molar-refractivity contribution < 1.29 is 4.79 Å². The normalized spacial score (nSPS) is 18.0. The molecular formula is C16H20N4OS. The molecule has 22 heavy (non-hydrogen) atoms.